The van der Waals surface area contributed by atoms with Crippen molar-refractivity contribution < 1.29 is 36.6 Å². The molecule has 174 valence electrons. The van der Waals surface area contributed by atoms with E-state index in [9.17, 15) is 27.2 Å². The molecule has 32 heavy (non-hydrogen) atoms. The van der Waals surface area contributed by atoms with E-state index in [1.807, 2.05) is 0 Å². The molecule has 1 heterocycles. The first kappa shape index (κ1) is 25.6. The number of rotatable bonds is 9. The molecule has 0 saturated carbocycles. The van der Waals surface area contributed by atoms with Crippen LogP contribution in [-0.4, -0.2) is 34.0 Å². The van der Waals surface area contributed by atoms with Crippen molar-refractivity contribution in [2.75, 3.05) is 0 Å². The average molecular weight is 522 g/mol. The Morgan fingerprint density at radius 2 is 1.97 bits per heavy atom. The second-order valence-corrected chi connectivity index (χ2v) is 7.93. The summed E-state index contributed by atoms with van der Waals surface area (Å²) < 4.78 is 55.5. The minimum atomic E-state index is -4.90. The van der Waals surface area contributed by atoms with Crippen LogP contribution >= 0.6 is 15.9 Å². The van der Waals surface area contributed by atoms with Gasteiger partial charge in [-0.2, -0.15) is 13.2 Å². The lowest BCUT2D eigenvalue weighted by molar-refractivity contribution is -0.171. The maximum absolute atomic E-state index is 13.5. The summed E-state index contributed by atoms with van der Waals surface area (Å²) in [6, 6.07) is 4.17. The molecular weight excluding hydrogens is 502 g/mol. The van der Waals surface area contributed by atoms with Gasteiger partial charge in [-0.05, 0) is 58.5 Å². The van der Waals surface area contributed by atoms with Gasteiger partial charge in [0.05, 0.1) is 10.4 Å². The largest absolute Gasteiger partial charge is 0.449 e. The molecule has 2 unspecified atom stereocenters. The van der Waals surface area contributed by atoms with Gasteiger partial charge in [0.2, 0.25) is 5.78 Å². The van der Waals surface area contributed by atoms with Gasteiger partial charge in [-0.25, -0.2) is 13.8 Å². The predicted octanol–water partition coefficient (Wildman–Crippen LogP) is 5.45. The van der Waals surface area contributed by atoms with E-state index in [1.165, 1.54) is 25.1 Å². The highest BCUT2D eigenvalue weighted by Gasteiger charge is 2.38. The fourth-order valence-corrected chi connectivity index (χ4v) is 3.28. The number of ketones is 1. The number of hydrogen-bond donors (Lipinski definition) is 0. The van der Waals surface area contributed by atoms with Crippen molar-refractivity contribution in [3.8, 4) is 0 Å². The standard InChI is InChI=1S/C20H20BrF4N3O4/c1-4-13(12-6-7-15(22)14(21)9-12)19(30)31-26-11(3)18-17(27-32-28-18)10(2)5-8-16(29)20(23,24)25/h6-7,9-10,13H,4-5,8H2,1-3H3/b26-11+. The molecule has 0 bridgehead atoms. The highest BCUT2D eigenvalue weighted by molar-refractivity contribution is 9.10. The summed E-state index contributed by atoms with van der Waals surface area (Å²) in [5.74, 6) is -4.29. The van der Waals surface area contributed by atoms with E-state index in [1.54, 1.807) is 13.8 Å². The molecule has 0 aliphatic heterocycles. The smallest absolute Gasteiger partial charge is 0.317 e. The maximum Gasteiger partial charge on any atom is 0.449 e. The first-order chi connectivity index (χ1) is 15.0. The van der Waals surface area contributed by atoms with Gasteiger partial charge in [-0.15, -0.1) is 0 Å². The summed E-state index contributed by atoms with van der Waals surface area (Å²) in [4.78, 5) is 28.6. The Labute approximate surface area is 189 Å². The summed E-state index contributed by atoms with van der Waals surface area (Å²) in [5.41, 5.74) is 0.929. The number of nitrogens with zero attached hydrogens (tertiary/aromatic N) is 3. The van der Waals surface area contributed by atoms with Crippen LogP contribution in [-0.2, 0) is 14.4 Å². The van der Waals surface area contributed by atoms with E-state index in [-0.39, 0.29) is 28.0 Å². The average Bonchev–Trinajstić information content (AvgIpc) is 3.22. The Morgan fingerprint density at radius 1 is 1.28 bits per heavy atom. The van der Waals surface area contributed by atoms with E-state index in [0.717, 1.165) is 0 Å². The SMILES string of the molecule is CCC(C(=O)O/N=C(\C)c1nonc1C(C)CCC(=O)C(F)(F)F)c1ccc(F)c(Br)c1. The zero-order chi connectivity index (χ0) is 24.1. The van der Waals surface area contributed by atoms with E-state index >= 15 is 0 Å². The topological polar surface area (TPSA) is 94.7 Å². The molecule has 0 radical (unpaired) electrons. The molecule has 0 N–H and O–H groups in total. The third-order valence-corrected chi connectivity index (χ3v) is 5.36. The first-order valence-corrected chi connectivity index (χ1v) is 10.4. The van der Waals surface area contributed by atoms with Gasteiger partial charge >= 0.3 is 12.1 Å². The quantitative estimate of drug-likeness (QED) is 0.188. The van der Waals surface area contributed by atoms with Crippen molar-refractivity contribution in [2.24, 2.45) is 5.16 Å². The lowest BCUT2D eigenvalue weighted by Gasteiger charge is -2.13. The summed E-state index contributed by atoms with van der Waals surface area (Å²) in [5, 5.41) is 11.1. The molecule has 1 aromatic carbocycles. The molecule has 0 fully saturated rings. The molecule has 2 rings (SSSR count). The van der Waals surface area contributed by atoms with Crippen molar-refractivity contribution in [3.05, 3.63) is 45.4 Å². The highest BCUT2D eigenvalue weighted by Crippen LogP contribution is 2.27. The van der Waals surface area contributed by atoms with Gasteiger partial charge in [-0.1, -0.05) is 30.2 Å². The molecule has 0 aliphatic carbocycles. The lowest BCUT2D eigenvalue weighted by atomic mass is 9.97. The van der Waals surface area contributed by atoms with Crippen molar-refractivity contribution >= 4 is 33.4 Å². The van der Waals surface area contributed by atoms with Crippen molar-refractivity contribution in [1.82, 2.24) is 10.3 Å². The van der Waals surface area contributed by atoms with Crippen LogP contribution in [0.1, 0.15) is 68.8 Å². The normalized spacial score (nSPS) is 14.2. The van der Waals surface area contributed by atoms with Crippen molar-refractivity contribution in [2.45, 2.75) is 58.0 Å². The molecule has 0 spiro atoms. The van der Waals surface area contributed by atoms with Gasteiger partial charge < -0.3 is 4.84 Å². The number of hydrogen-bond acceptors (Lipinski definition) is 7. The van der Waals surface area contributed by atoms with Gasteiger partial charge in [0.1, 0.15) is 17.2 Å². The number of benzene rings is 1. The van der Waals surface area contributed by atoms with Crippen molar-refractivity contribution in [3.63, 3.8) is 0 Å². The second kappa shape index (κ2) is 10.8. The highest BCUT2D eigenvalue weighted by atomic mass is 79.9. The van der Waals surface area contributed by atoms with E-state index < -0.39 is 42.0 Å². The minimum Gasteiger partial charge on any atom is -0.317 e. The van der Waals surface area contributed by atoms with E-state index in [2.05, 4.69) is 36.0 Å². The Morgan fingerprint density at radius 3 is 2.56 bits per heavy atom. The number of oxime groups is 1. The molecule has 0 aliphatic rings. The second-order valence-electron chi connectivity index (χ2n) is 7.08. The fourth-order valence-electron chi connectivity index (χ4n) is 2.88. The minimum absolute atomic E-state index is 0.0994. The Bertz CT molecular complexity index is 1010. The van der Waals surface area contributed by atoms with Gasteiger partial charge in [0.15, 0.2) is 5.69 Å². The Hall–Kier alpha value is -2.63. The van der Waals surface area contributed by atoms with Gasteiger partial charge in [0.25, 0.3) is 0 Å². The molecule has 0 amide bonds. The van der Waals surface area contributed by atoms with E-state index in [4.69, 9.17) is 4.84 Å². The zero-order valence-electron chi connectivity index (χ0n) is 17.4. The van der Waals surface area contributed by atoms with Crippen molar-refractivity contribution in [1.29, 1.82) is 0 Å². The molecule has 12 heteroatoms. The zero-order valence-corrected chi connectivity index (χ0v) is 19.0. The van der Waals surface area contributed by atoms with E-state index in [0.29, 0.717) is 12.0 Å². The summed E-state index contributed by atoms with van der Waals surface area (Å²) in [7, 11) is 0. The fraction of sp³-hybridized carbons (Fsp3) is 0.450. The third kappa shape index (κ3) is 6.44. The number of alkyl halides is 3. The number of Topliss-reactive ketones (excluding diaryl/α,β-unsaturated/α-hetero) is 1. The molecule has 2 atom stereocenters. The molecule has 7 nitrogen and oxygen atoms in total. The van der Waals surface area contributed by atoms with Gasteiger partial charge in [0, 0.05) is 12.3 Å². The van der Waals surface area contributed by atoms with Crippen LogP contribution in [0, 0.1) is 5.82 Å². The maximum atomic E-state index is 13.5. The molecular formula is C20H20BrF4N3O4. The molecule has 2 aromatic rings. The van der Waals surface area contributed by atoms with Gasteiger partial charge in [-0.3, -0.25) is 4.79 Å². The Kier molecular flexibility index (Phi) is 8.65. The summed E-state index contributed by atoms with van der Waals surface area (Å²) in [6.07, 6.45) is -5.38. The number of halogens is 5. The van der Waals surface area contributed by atoms with Crippen LogP contribution in [0.2, 0.25) is 0 Å². The summed E-state index contributed by atoms with van der Waals surface area (Å²) >= 11 is 3.07. The van der Waals surface area contributed by atoms with Crippen LogP contribution in [0.5, 0.6) is 0 Å². The number of aromatic nitrogens is 2. The van der Waals surface area contributed by atoms with Crippen LogP contribution in [0.3, 0.4) is 0 Å². The number of carbonyl (C=O) groups excluding carboxylic acids is 2. The first-order valence-electron chi connectivity index (χ1n) is 9.58. The lowest BCUT2D eigenvalue weighted by Crippen LogP contribution is -2.22. The third-order valence-electron chi connectivity index (χ3n) is 4.76. The number of carbonyl (C=O) groups is 2. The van der Waals surface area contributed by atoms with Crippen LogP contribution < -0.4 is 0 Å². The molecule has 0 saturated heterocycles. The Balaban J connectivity index is 2.09. The predicted molar refractivity (Wildman–Crippen MR) is 108 cm³/mol. The monoisotopic (exact) mass is 521 g/mol. The van der Waals surface area contributed by atoms with Crippen LogP contribution in [0.15, 0.2) is 32.5 Å². The van der Waals surface area contributed by atoms with Crippen LogP contribution in [0.25, 0.3) is 0 Å². The summed E-state index contributed by atoms with van der Waals surface area (Å²) in [6.45, 7) is 4.77. The van der Waals surface area contributed by atoms with Crippen LogP contribution in [0.4, 0.5) is 17.6 Å². The molecule has 1 aromatic heterocycles.